The van der Waals surface area contributed by atoms with Crippen molar-refractivity contribution in [2.45, 2.75) is 12.4 Å². The molecule has 0 aliphatic heterocycles. The highest BCUT2D eigenvalue weighted by Gasteiger charge is 2.34. The van der Waals surface area contributed by atoms with Crippen molar-refractivity contribution in [2.75, 3.05) is 0 Å². The standard InChI is InChI=1S/C14H7F6NO2/c15-13(16,17)9-3-1-2-8(6-9)11-7-10(14(18,19)20)4-5-12(11)21(22)23/h1-7H. The summed E-state index contributed by atoms with van der Waals surface area (Å²) in [4.78, 5) is 9.99. The van der Waals surface area contributed by atoms with Crippen molar-refractivity contribution in [3.63, 3.8) is 0 Å². The summed E-state index contributed by atoms with van der Waals surface area (Å²) in [6.07, 6.45) is -9.49. The minimum Gasteiger partial charge on any atom is -0.258 e. The molecule has 0 atom stereocenters. The Balaban J connectivity index is 2.68. The Morgan fingerprint density at radius 2 is 1.39 bits per heavy atom. The third-order valence-electron chi connectivity index (χ3n) is 3.02. The van der Waals surface area contributed by atoms with Gasteiger partial charge in [-0.05, 0) is 29.8 Å². The Hall–Kier alpha value is -2.58. The number of benzene rings is 2. The van der Waals surface area contributed by atoms with Crippen molar-refractivity contribution in [1.82, 2.24) is 0 Å². The van der Waals surface area contributed by atoms with Gasteiger partial charge in [0.1, 0.15) is 0 Å². The molecule has 122 valence electrons. The highest BCUT2D eigenvalue weighted by atomic mass is 19.4. The van der Waals surface area contributed by atoms with E-state index in [1.54, 1.807) is 0 Å². The molecular weight excluding hydrogens is 328 g/mol. The molecule has 0 spiro atoms. The molecule has 23 heavy (non-hydrogen) atoms. The number of halogens is 6. The molecule has 0 saturated carbocycles. The molecule has 0 aliphatic rings. The van der Waals surface area contributed by atoms with Gasteiger partial charge in [0.15, 0.2) is 0 Å². The van der Waals surface area contributed by atoms with Gasteiger partial charge in [0.05, 0.1) is 21.6 Å². The van der Waals surface area contributed by atoms with Crippen molar-refractivity contribution in [3.05, 3.63) is 63.7 Å². The fourth-order valence-electron chi connectivity index (χ4n) is 1.97. The summed E-state index contributed by atoms with van der Waals surface area (Å²) in [7, 11) is 0. The number of nitrogens with zero attached hydrogens (tertiary/aromatic N) is 1. The number of rotatable bonds is 2. The normalized spacial score (nSPS) is 12.3. The molecule has 2 rings (SSSR count). The molecule has 0 radical (unpaired) electrons. The zero-order valence-electron chi connectivity index (χ0n) is 11.1. The summed E-state index contributed by atoms with van der Waals surface area (Å²) >= 11 is 0. The third kappa shape index (κ3) is 3.61. The SMILES string of the molecule is O=[N+]([O-])c1ccc(C(F)(F)F)cc1-c1cccc(C(F)(F)F)c1. The van der Waals surface area contributed by atoms with Gasteiger partial charge in [-0.15, -0.1) is 0 Å². The second-order valence-corrected chi connectivity index (χ2v) is 4.57. The lowest BCUT2D eigenvalue weighted by atomic mass is 9.99. The van der Waals surface area contributed by atoms with Crippen LogP contribution < -0.4 is 0 Å². The predicted molar refractivity (Wildman–Crippen MR) is 68.5 cm³/mol. The van der Waals surface area contributed by atoms with E-state index in [1.165, 1.54) is 0 Å². The number of alkyl halides is 6. The van der Waals surface area contributed by atoms with Gasteiger partial charge < -0.3 is 0 Å². The molecule has 0 N–H and O–H groups in total. The third-order valence-corrected chi connectivity index (χ3v) is 3.02. The molecular formula is C14H7F6NO2. The molecule has 0 bridgehead atoms. The maximum absolute atomic E-state index is 12.7. The second-order valence-electron chi connectivity index (χ2n) is 4.57. The lowest BCUT2D eigenvalue weighted by molar-refractivity contribution is -0.384. The molecule has 0 saturated heterocycles. The molecule has 0 aromatic heterocycles. The predicted octanol–water partition coefficient (Wildman–Crippen LogP) is 5.30. The van der Waals surface area contributed by atoms with Crippen LogP contribution in [0.15, 0.2) is 42.5 Å². The van der Waals surface area contributed by atoms with Crippen LogP contribution >= 0.6 is 0 Å². The highest BCUT2D eigenvalue weighted by molar-refractivity contribution is 5.75. The summed E-state index contributed by atoms with van der Waals surface area (Å²) in [5, 5.41) is 10.9. The average Bonchev–Trinajstić information content (AvgIpc) is 2.45. The number of nitro benzene ring substituents is 1. The van der Waals surface area contributed by atoms with Gasteiger partial charge in [-0.2, -0.15) is 26.3 Å². The number of hydrogen-bond donors (Lipinski definition) is 0. The minimum atomic E-state index is -4.77. The van der Waals surface area contributed by atoms with Crippen LogP contribution in [0.1, 0.15) is 11.1 Å². The topological polar surface area (TPSA) is 43.1 Å². The van der Waals surface area contributed by atoms with Crippen LogP contribution in [0.3, 0.4) is 0 Å². The summed E-state index contributed by atoms with van der Waals surface area (Å²) in [6, 6.07) is 4.95. The summed E-state index contributed by atoms with van der Waals surface area (Å²) in [5.41, 5.74) is -3.86. The molecule has 0 amide bonds. The maximum atomic E-state index is 12.7. The van der Waals surface area contributed by atoms with Crippen LogP contribution in [0.5, 0.6) is 0 Å². The van der Waals surface area contributed by atoms with E-state index in [0.717, 1.165) is 18.2 Å². The first kappa shape index (κ1) is 16.8. The van der Waals surface area contributed by atoms with Crippen molar-refractivity contribution in [1.29, 1.82) is 0 Å². The lowest BCUT2D eigenvalue weighted by Crippen LogP contribution is -2.07. The van der Waals surface area contributed by atoms with E-state index in [2.05, 4.69) is 0 Å². The van der Waals surface area contributed by atoms with Gasteiger partial charge in [-0.25, -0.2) is 0 Å². The molecule has 0 fully saturated rings. The first-order chi connectivity index (χ1) is 10.5. The minimum absolute atomic E-state index is 0.322. The van der Waals surface area contributed by atoms with Crippen LogP contribution in [0, 0.1) is 10.1 Å². The molecule has 9 heteroatoms. The zero-order valence-corrected chi connectivity index (χ0v) is 11.1. The molecule has 2 aromatic carbocycles. The van der Waals surface area contributed by atoms with Gasteiger partial charge >= 0.3 is 12.4 Å². The van der Waals surface area contributed by atoms with E-state index in [9.17, 15) is 36.5 Å². The second kappa shape index (κ2) is 5.56. The van der Waals surface area contributed by atoms with Gasteiger partial charge in [0.2, 0.25) is 0 Å². The molecule has 2 aromatic rings. The number of nitro groups is 1. The monoisotopic (exact) mass is 335 g/mol. The largest absolute Gasteiger partial charge is 0.416 e. The zero-order chi connectivity index (χ0) is 17.4. The van der Waals surface area contributed by atoms with Gasteiger partial charge in [-0.1, -0.05) is 12.1 Å². The molecule has 0 unspecified atom stereocenters. The quantitative estimate of drug-likeness (QED) is 0.425. The van der Waals surface area contributed by atoms with E-state index >= 15 is 0 Å². The van der Waals surface area contributed by atoms with Crippen molar-refractivity contribution < 1.29 is 31.3 Å². The Morgan fingerprint density at radius 3 is 1.91 bits per heavy atom. The summed E-state index contributed by atoms with van der Waals surface area (Å²) in [5.74, 6) is 0. The smallest absolute Gasteiger partial charge is 0.258 e. The van der Waals surface area contributed by atoms with Crippen LogP contribution in [0.25, 0.3) is 11.1 Å². The summed E-state index contributed by atoms with van der Waals surface area (Å²) < 4.78 is 76.3. The lowest BCUT2D eigenvalue weighted by Gasteiger charge is -2.11. The first-order valence-electron chi connectivity index (χ1n) is 6.03. The first-order valence-corrected chi connectivity index (χ1v) is 6.03. The van der Waals surface area contributed by atoms with Gasteiger partial charge in [-0.3, -0.25) is 10.1 Å². The molecule has 3 nitrogen and oxygen atoms in total. The van der Waals surface area contributed by atoms with E-state index in [-0.39, 0.29) is 5.56 Å². The van der Waals surface area contributed by atoms with Crippen LogP contribution in [0.2, 0.25) is 0 Å². The van der Waals surface area contributed by atoms with Crippen LogP contribution in [-0.4, -0.2) is 4.92 Å². The maximum Gasteiger partial charge on any atom is 0.416 e. The highest BCUT2D eigenvalue weighted by Crippen LogP contribution is 2.39. The Morgan fingerprint density at radius 1 is 0.826 bits per heavy atom. The Kier molecular flexibility index (Phi) is 4.06. The molecule has 0 heterocycles. The number of hydrogen-bond acceptors (Lipinski definition) is 2. The van der Waals surface area contributed by atoms with Crippen molar-refractivity contribution >= 4 is 5.69 Å². The fourth-order valence-corrected chi connectivity index (χ4v) is 1.97. The van der Waals surface area contributed by atoms with E-state index in [1.807, 2.05) is 0 Å². The molecule has 0 aliphatic carbocycles. The van der Waals surface area contributed by atoms with Crippen molar-refractivity contribution in [3.8, 4) is 11.1 Å². The fraction of sp³-hybridized carbons (Fsp3) is 0.143. The van der Waals surface area contributed by atoms with E-state index < -0.39 is 39.7 Å². The van der Waals surface area contributed by atoms with Gasteiger partial charge in [0, 0.05) is 6.07 Å². The average molecular weight is 335 g/mol. The van der Waals surface area contributed by atoms with Crippen LogP contribution in [-0.2, 0) is 12.4 Å². The van der Waals surface area contributed by atoms with Gasteiger partial charge in [0.25, 0.3) is 5.69 Å². The Labute approximate surface area is 125 Å². The van der Waals surface area contributed by atoms with E-state index in [4.69, 9.17) is 0 Å². The summed E-state index contributed by atoms with van der Waals surface area (Å²) in [6.45, 7) is 0. The van der Waals surface area contributed by atoms with Crippen molar-refractivity contribution in [2.24, 2.45) is 0 Å². The van der Waals surface area contributed by atoms with E-state index in [0.29, 0.717) is 24.3 Å². The van der Waals surface area contributed by atoms with Crippen LogP contribution in [0.4, 0.5) is 32.0 Å². The Bertz CT molecular complexity index is 752.